The molecule has 1 aliphatic heterocycles. The molecule has 9 heteroatoms. The van der Waals surface area contributed by atoms with Crippen LogP contribution in [0.4, 0.5) is 23.7 Å². The van der Waals surface area contributed by atoms with Crippen LogP contribution >= 0.6 is 22.9 Å². The first-order valence-electron chi connectivity index (χ1n) is 8.39. The Bertz CT molecular complexity index is 777. The number of benzene rings is 1. The number of amides is 2. The van der Waals surface area contributed by atoms with E-state index in [9.17, 15) is 18.0 Å². The van der Waals surface area contributed by atoms with Gasteiger partial charge < -0.3 is 15.0 Å². The smallest absolute Gasteiger partial charge is 0.376 e. The number of thiophene rings is 1. The van der Waals surface area contributed by atoms with Crippen LogP contribution in [0.15, 0.2) is 35.7 Å². The number of hydrogen-bond donors (Lipinski definition) is 1. The highest BCUT2D eigenvalue weighted by Crippen LogP contribution is 2.36. The number of urea groups is 1. The third-order valence-electron chi connectivity index (χ3n) is 4.19. The van der Waals surface area contributed by atoms with Crippen LogP contribution in [0, 0.1) is 0 Å². The van der Waals surface area contributed by atoms with Crippen molar-refractivity contribution >= 4 is 34.7 Å². The van der Waals surface area contributed by atoms with Crippen molar-refractivity contribution in [1.82, 2.24) is 4.90 Å². The molecule has 4 nitrogen and oxygen atoms in total. The van der Waals surface area contributed by atoms with Gasteiger partial charge in [0, 0.05) is 23.7 Å². The third-order valence-corrected chi connectivity index (χ3v) is 5.38. The third kappa shape index (κ3) is 5.37. The standard InChI is InChI=1S/C18H18ClF3N2O2S/c19-16-6-5-12(9-15(16)18(20,21)22)23-17(25)24(10-13-3-1-7-26-13)11-14-4-2-8-27-14/h2,4-6,8-9,13H,1,3,7,10-11H2,(H,23,25). The molecule has 1 atom stereocenters. The van der Waals surface area contributed by atoms with Crippen molar-refractivity contribution in [2.75, 3.05) is 18.5 Å². The first kappa shape index (κ1) is 20.0. The quantitative estimate of drug-likeness (QED) is 0.683. The molecule has 27 heavy (non-hydrogen) atoms. The zero-order valence-electron chi connectivity index (χ0n) is 14.3. The van der Waals surface area contributed by atoms with E-state index >= 15 is 0 Å². The Labute approximate surface area is 163 Å². The van der Waals surface area contributed by atoms with E-state index in [-0.39, 0.29) is 11.8 Å². The van der Waals surface area contributed by atoms with E-state index in [0.717, 1.165) is 29.9 Å². The molecule has 2 amide bonds. The van der Waals surface area contributed by atoms with Crippen molar-refractivity contribution in [3.8, 4) is 0 Å². The highest BCUT2D eigenvalue weighted by molar-refractivity contribution is 7.09. The second kappa shape index (κ2) is 8.50. The molecule has 1 N–H and O–H groups in total. The minimum Gasteiger partial charge on any atom is -0.376 e. The zero-order chi connectivity index (χ0) is 19.4. The summed E-state index contributed by atoms with van der Waals surface area (Å²) in [4.78, 5) is 15.3. The summed E-state index contributed by atoms with van der Waals surface area (Å²) in [5, 5.41) is 4.05. The summed E-state index contributed by atoms with van der Waals surface area (Å²) in [5.41, 5.74) is -0.939. The molecule has 1 fully saturated rings. The summed E-state index contributed by atoms with van der Waals surface area (Å²) >= 11 is 7.14. The normalized spacial score (nSPS) is 17.1. The molecule has 1 saturated heterocycles. The number of alkyl halides is 3. The molecule has 146 valence electrons. The van der Waals surface area contributed by atoms with E-state index in [4.69, 9.17) is 16.3 Å². The molecule has 1 unspecified atom stereocenters. The molecular formula is C18H18ClF3N2O2S. The highest BCUT2D eigenvalue weighted by atomic mass is 35.5. The summed E-state index contributed by atoms with van der Waals surface area (Å²) in [6, 6.07) is 6.64. The Morgan fingerprint density at radius 2 is 2.19 bits per heavy atom. The van der Waals surface area contributed by atoms with E-state index in [2.05, 4.69) is 5.32 Å². The molecule has 0 spiro atoms. The summed E-state index contributed by atoms with van der Waals surface area (Å²) in [6.07, 6.45) is -2.86. The number of ether oxygens (including phenoxy) is 1. The Balaban J connectivity index is 1.75. The minimum atomic E-state index is -4.59. The summed E-state index contributed by atoms with van der Waals surface area (Å²) in [5.74, 6) is 0. The minimum absolute atomic E-state index is 0.0419. The van der Waals surface area contributed by atoms with Gasteiger partial charge in [-0.1, -0.05) is 17.7 Å². The Kier molecular flexibility index (Phi) is 6.29. The lowest BCUT2D eigenvalue weighted by molar-refractivity contribution is -0.137. The first-order valence-corrected chi connectivity index (χ1v) is 9.65. The van der Waals surface area contributed by atoms with Crippen LogP contribution in [0.2, 0.25) is 5.02 Å². The second-order valence-corrected chi connectivity index (χ2v) is 7.66. The number of anilines is 1. The molecule has 0 aliphatic carbocycles. The average molecular weight is 419 g/mol. The van der Waals surface area contributed by atoms with Crippen molar-refractivity contribution in [2.45, 2.75) is 31.7 Å². The molecule has 1 aromatic heterocycles. The van der Waals surface area contributed by atoms with Crippen LogP contribution in [0.5, 0.6) is 0 Å². The van der Waals surface area contributed by atoms with Crippen LogP contribution in [-0.4, -0.2) is 30.2 Å². The summed E-state index contributed by atoms with van der Waals surface area (Å²) in [7, 11) is 0. The Morgan fingerprint density at radius 1 is 1.37 bits per heavy atom. The predicted octanol–water partition coefficient (Wildman–Crippen LogP) is 5.63. The predicted molar refractivity (Wildman–Crippen MR) is 99.2 cm³/mol. The van der Waals surface area contributed by atoms with Gasteiger partial charge in [0.05, 0.1) is 23.2 Å². The lowest BCUT2D eigenvalue weighted by Gasteiger charge is -2.25. The van der Waals surface area contributed by atoms with Gasteiger partial charge in [0.2, 0.25) is 0 Å². The number of hydrogen-bond acceptors (Lipinski definition) is 3. The first-order chi connectivity index (χ1) is 12.8. The van der Waals surface area contributed by atoms with Crippen LogP contribution < -0.4 is 5.32 Å². The van der Waals surface area contributed by atoms with Crippen molar-refractivity contribution in [2.24, 2.45) is 0 Å². The zero-order valence-corrected chi connectivity index (χ0v) is 15.8. The van der Waals surface area contributed by atoms with Gasteiger partial charge in [-0.3, -0.25) is 0 Å². The monoisotopic (exact) mass is 418 g/mol. The van der Waals surface area contributed by atoms with Crippen molar-refractivity contribution in [3.63, 3.8) is 0 Å². The maximum Gasteiger partial charge on any atom is 0.417 e. The van der Waals surface area contributed by atoms with Crippen LogP contribution in [0.3, 0.4) is 0 Å². The SMILES string of the molecule is O=C(Nc1ccc(Cl)c(C(F)(F)F)c1)N(Cc1cccs1)CC1CCCO1. The van der Waals surface area contributed by atoms with Gasteiger partial charge in [0.1, 0.15) is 0 Å². The van der Waals surface area contributed by atoms with E-state index in [1.165, 1.54) is 17.4 Å². The van der Waals surface area contributed by atoms with Gasteiger partial charge in [-0.15, -0.1) is 11.3 Å². The summed E-state index contributed by atoms with van der Waals surface area (Å²) in [6.45, 7) is 1.40. The number of carbonyl (C=O) groups excluding carboxylic acids is 1. The number of carbonyl (C=O) groups is 1. The molecule has 2 aromatic rings. The lowest BCUT2D eigenvalue weighted by atomic mass is 10.2. The summed E-state index contributed by atoms with van der Waals surface area (Å²) < 4.78 is 44.7. The van der Waals surface area contributed by atoms with Crippen LogP contribution in [0.25, 0.3) is 0 Å². The molecule has 0 bridgehead atoms. The molecule has 2 heterocycles. The molecule has 1 aromatic carbocycles. The molecule has 1 aliphatic rings. The van der Waals surface area contributed by atoms with Gasteiger partial charge in [-0.05, 0) is 42.5 Å². The van der Waals surface area contributed by atoms with Gasteiger partial charge in [-0.2, -0.15) is 13.2 Å². The molecule has 0 radical (unpaired) electrons. The Hall–Kier alpha value is -1.77. The number of halogens is 4. The molecular weight excluding hydrogens is 401 g/mol. The highest BCUT2D eigenvalue weighted by Gasteiger charge is 2.33. The van der Waals surface area contributed by atoms with E-state index < -0.39 is 22.8 Å². The lowest BCUT2D eigenvalue weighted by Crippen LogP contribution is -2.39. The average Bonchev–Trinajstić information content (AvgIpc) is 3.29. The van der Waals surface area contributed by atoms with Crippen LogP contribution in [-0.2, 0) is 17.5 Å². The second-order valence-electron chi connectivity index (χ2n) is 6.22. The fourth-order valence-corrected chi connectivity index (χ4v) is 3.81. The number of nitrogens with zero attached hydrogens (tertiary/aromatic N) is 1. The van der Waals surface area contributed by atoms with Gasteiger partial charge in [0.25, 0.3) is 0 Å². The van der Waals surface area contributed by atoms with E-state index in [1.54, 1.807) is 4.90 Å². The molecule has 0 saturated carbocycles. The fourth-order valence-electron chi connectivity index (χ4n) is 2.87. The maximum absolute atomic E-state index is 13.0. The van der Waals surface area contributed by atoms with Crippen molar-refractivity contribution in [1.29, 1.82) is 0 Å². The molecule has 3 rings (SSSR count). The van der Waals surface area contributed by atoms with Crippen LogP contribution in [0.1, 0.15) is 23.3 Å². The van der Waals surface area contributed by atoms with Crippen molar-refractivity contribution < 1.29 is 22.7 Å². The van der Waals surface area contributed by atoms with Gasteiger partial charge in [0.15, 0.2) is 0 Å². The van der Waals surface area contributed by atoms with Gasteiger partial charge in [-0.25, -0.2) is 4.79 Å². The number of rotatable bonds is 5. The van der Waals surface area contributed by atoms with Crippen molar-refractivity contribution in [3.05, 3.63) is 51.2 Å². The number of nitrogens with one attached hydrogen (secondary N) is 1. The van der Waals surface area contributed by atoms with Gasteiger partial charge >= 0.3 is 12.2 Å². The van der Waals surface area contributed by atoms with E-state index in [0.29, 0.717) is 19.7 Å². The largest absolute Gasteiger partial charge is 0.417 e. The maximum atomic E-state index is 13.0. The topological polar surface area (TPSA) is 41.6 Å². The Morgan fingerprint density at radius 3 is 2.81 bits per heavy atom. The fraction of sp³-hybridized carbons (Fsp3) is 0.389. The van der Waals surface area contributed by atoms with E-state index in [1.807, 2.05) is 17.5 Å².